The molecule has 1 aliphatic carbocycles. The molecule has 0 spiro atoms. The van der Waals surface area contributed by atoms with E-state index >= 15 is 0 Å². The van der Waals surface area contributed by atoms with Crippen LogP contribution in [0.4, 0.5) is 22.0 Å². The first-order valence-electron chi connectivity index (χ1n) is 9.44. The molecule has 2 atom stereocenters. The second-order valence-corrected chi connectivity index (χ2v) is 9.03. The molecule has 0 fully saturated rings. The average Bonchev–Trinajstić information content (AvgIpc) is 3.03. The Kier molecular flexibility index (Phi) is 6.55. The number of hydrogen-bond acceptors (Lipinski definition) is 4. The summed E-state index contributed by atoms with van der Waals surface area (Å²) in [6.45, 7) is 3.40. The molecule has 0 saturated heterocycles. The zero-order chi connectivity index (χ0) is 23.0. The fraction of sp³-hybridized carbons (Fsp3) is 0.500. The van der Waals surface area contributed by atoms with Gasteiger partial charge in [0.1, 0.15) is 17.3 Å². The van der Waals surface area contributed by atoms with E-state index in [2.05, 4.69) is 14.9 Å². The van der Waals surface area contributed by atoms with Crippen LogP contribution in [0.25, 0.3) is 0 Å². The van der Waals surface area contributed by atoms with Gasteiger partial charge in [0.15, 0.2) is 11.4 Å². The van der Waals surface area contributed by atoms with Gasteiger partial charge < -0.3 is 14.0 Å². The van der Waals surface area contributed by atoms with Gasteiger partial charge in [0.05, 0.1) is 28.5 Å². The highest BCUT2D eigenvalue weighted by atomic mass is 127. The minimum Gasteiger partial charge on any atom is -0.480 e. The summed E-state index contributed by atoms with van der Waals surface area (Å²) in [7, 11) is 1.61. The van der Waals surface area contributed by atoms with Crippen LogP contribution >= 0.6 is 22.6 Å². The fourth-order valence-corrected chi connectivity index (χ4v) is 3.95. The van der Waals surface area contributed by atoms with Crippen LogP contribution in [0.5, 0.6) is 11.5 Å². The molecule has 1 heterocycles. The van der Waals surface area contributed by atoms with Gasteiger partial charge in [0.2, 0.25) is 0 Å². The monoisotopic (exact) mass is 557 g/mol. The number of aromatic nitrogens is 3. The molecule has 0 saturated carbocycles. The lowest BCUT2D eigenvalue weighted by Crippen LogP contribution is -2.33. The van der Waals surface area contributed by atoms with Crippen LogP contribution in [0.2, 0.25) is 0 Å². The van der Waals surface area contributed by atoms with E-state index in [9.17, 15) is 22.0 Å². The van der Waals surface area contributed by atoms with Gasteiger partial charge >= 0.3 is 10.3 Å². The van der Waals surface area contributed by atoms with Crippen molar-refractivity contribution in [3.63, 3.8) is 0 Å². The largest absolute Gasteiger partial charge is 0.480 e. The van der Waals surface area contributed by atoms with Gasteiger partial charge in [-0.1, -0.05) is 12.2 Å². The summed E-state index contributed by atoms with van der Waals surface area (Å²) < 4.78 is 75.0. The summed E-state index contributed by atoms with van der Waals surface area (Å²) in [4.78, 5) is 0. The topological polar surface area (TPSA) is 49.2 Å². The van der Waals surface area contributed by atoms with Crippen LogP contribution in [0.1, 0.15) is 44.3 Å². The van der Waals surface area contributed by atoms with Crippen molar-refractivity contribution in [1.29, 1.82) is 0 Å². The standard InChI is InChI=1S/C20H21F5IN3O2/c1-18(2,30-12-8-10-13(11-9-12)31-20(24,25)26)17-28-27-16(29(17)3)14-6-4-5-7-15(14)19(21,22)23/h4-5,8-11,14-15H,6-7H2,1-3H3. The smallest absolute Gasteiger partial charge is 0.451 e. The lowest BCUT2D eigenvalue weighted by molar-refractivity contribution is -0.181. The minimum atomic E-state index is -4.34. The Hall–Kier alpha value is -1.92. The SMILES string of the molecule is Cn1c(C2CC=CCC2C(F)(F)F)nnc1C(C)(C)Oc1ccc(OC(F)(F)I)cc1. The Balaban J connectivity index is 1.81. The number of ether oxygens (including phenoxy) is 2. The van der Waals surface area contributed by atoms with Crippen LogP contribution in [0.15, 0.2) is 36.4 Å². The predicted octanol–water partition coefficient (Wildman–Crippen LogP) is 6.11. The molecule has 31 heavy (non-hydrogen) atoms. The summed E-state index contributed by atoms with van der Waals surface area (Å²) in [5, 5.41) is 8.17. The first-order chi connectivity index (χ1) is 14.3. The molecule has 2 unspecified atom stereocenters. The maximum Gasteiger partial charge on any atom is 0.451 e. The number of allylic oxidation sites excluding steroid dienone is 2. The van der Waals surface area contributed by atoms with E-state index in [0.717, 1.165) is 22.6 Å². The minimum absolute atomic E-state index is 0.0333. The van der Waals surface area contributed by atoms with Crippen molar-refractivity contribution < 1.29 is 31.4 Å². The van der Waals surface area contributed by atoms with Crippen LogP contribution in [0.3, 0.4) is 0 Å². The number of rotatable bonds is 6. The third kappa shape index (κ3) is 5.66. The Labute approximate surface area is 189 Å². The van der Waals surface area contributed by atoms with E-state index < -0.39 is 27.7 Å². The Bertz CT molecular complexity index is 936. The summed E-state index contributed by atoms with van der Waals surface area (Å²) in [6, 6.07) is 5.59. The van der Waals surface area contributed by atoms with Crippen LogP contribution in [-0.2, 0) is 12.6 Å². The molecule has 0 aliphatic heterocycles. The van der Waals surface area contributed by atoms with Crippen LogP contribution in [-0.4, -0.2) is 25.1 Å². The first kappa shape index (κ1) is 23.7. The molecule has 1 aromatic heterocycles. The summed E-state index contributed by atoms with van der Waals surface area (Å²) in [5.74, 6) is -1.45. The van der Waals surface area contributed by atoms with Crippen molar-refractivity contribution in [1.82, 2.24) is 14.8 Å². The Morgan fingerprint density at radius 1 is 0.935 bits per heavy atom. The number of nitrogens with zero attached hydrogens (tertiary/aromatic N) is 3. The van der Waals surface area contributed by atoms with Gasteiger partial charge in [0, 0.05) is 13.0 Å². The van der Waals surface area contributed by atoms with E-state index in [4.69, 9.17) is 4.74 Å². The van der Waals surface area contributed by atoms with E-state index in [-0.39, 0.29) is 24.4 Å². The van der Waals surface area contributed by atoms with Crippen molar-refractivity contribution in [2.75, 3.05) is 0 Å². The number of alkyl halides is 6. The molecule has 1 aromatic carbocycles. The Morgan fingerprint density at radius 2 is 1.48 bits per heavy atom. The molecule has 170 valence electrons. The van der Waals surface area contributed by atoms with Crippen molar-refractivity contribution in [3.8, 4) is 11.5 Å². The maximum atomic E-state index is 13.5. The zero-order valence-electron chi connectivity index (χ0n) is 17.0. The summed E-state index contributed by atoms with van der Waals surface area (Å²) >= 11 is 0.870. The van der Waals surface area contributed by atoms with Crippen LogP contribution in [0, 0.1) is 5.92 Å². The van der Waals surface area contributed by atoms with Crippen molar-refractivity contribution >= 4 is 22.6 Å². The van der Waals surface area contributed by atoms with E-state index in [1.807, 2.05) is 0 Å². The molecule has 0 bridgehead atoms. The highest BCUT2D eigenvalue weighted by molar-refractivity contribution is 14.1. The van der Waals surface area contributed by atoms with Crippen molar-refractivity contribution in [3.05, 3.63) is 48.1 Å². The summed E-state index contributed by atoms with van der Waals surface area (Å²) in [6.07, 6.45) is -0.945. The molecule has 0 N–H and O–H groups in total. The molecular weight excluding hydrogens is 536 g/mol. The average molecular weight is 557 g/mol. The molecular formula is C20H21F5IN3O2. The molecule has 3 rings (SSSR count). The van der Waals surface area contributed by atoms with Gasteiger partial charge in [0.25, 0.3) is 0 Å². The van der Waals surface area contributed by atoms with E-state index in [1.54, 1.807) is 33.0 Å². The van der Waals surface area contributed by atoms with Gasteiger partial charge in [-0.2, -0.15) is 22.0 Å². The van der Waals surface area contributed by atoms with Gasteiger partial charge in [-0.15, -0.1) is 10.2 Å². The second kappa shape index (κ2) is 8.55. The second-order valence-electron chi connectivity index (χ2n) is 7.77. The quantitative estimate of drug-likeness (QED) is 0.186. The first-order valence-corrected chi connectivity index (χ1v) is 10.5. The zero-order valence-corrected chi connectivity index (χ0v) is 19.1. The Morgan fingerprint density at radius 3 is 2.03 bits per heavy atom. The van der Waals surface area contributed by atoms with E-state index in [0.29, 0.717) is 11.6 Å². The molecule has 5 nitrogen and oxygen atoms in total. The van der Waals surface area contributed by atoms with Gasteiger partial charge in [-0.05, 0) is 51.0 Å². The predicted molar refractivity (Wildman–Crippen MR) is 111 cm³/mol. The molecule has 0 radical (unpaired) electrons. The number of halogens is 6. The molecule has 11 heteroatoms. The number of hydrogen-bond donors (Lipinski definition) is 0. The maximum absolute atomic E-state index is 13.5. The number of benzene rings is 1. The van der Waals surface area contributed by atoms with Gasteiger partial charge in [-0.25, -0.2) is 0 Å². The van der Waals surface area contributed by atoms with Crippen molar-refractivity contribution in [2.24, 2.45) is 13.0 Å². The van der Waals surface area contributed by atoms with Gasteiger partial charge in [-0.3, -0.25) is 0 Å². The third-order valence-electron chi connectivity index (χ3n) is 5.06. The molecule has 1 aliphatic rings. The highest BCUT2D eigenvalue weighted by Gasteiger charge is 2.47. The lowest BCUT2D eigenvalue weighted by atomic mass is 9.82. The van der Waals surface area contributed by atoms with Crippen LogP contribution < -0.4 is 9.47 Å². The fourth-order valence-electron chi connectivity index (χ4n) is 3.70. The van der Waals surface area contributed by atoms with Crippen molar-refractivity contribution in [2.45, 2.75) is 48.5 Å². The summed E-state index contributed by atoms with van der Waals surface area (Å²) in [5.41, 5.74) is -1.05. The third-order valence-corrected chi connectivity index (χ3v) is 5.28. The molecule has 0 amide bonds. The highest BCUT2D eigenvalue weighted by Crippen LogP contribution is 2.44. The molecule has 2 aromatic rings. The normalized spacial score (nSPS) is 20.0. The lowest BCUT2D eigenvalue weighted by Gasteiger charge is -2.30. The van der Waals surface area contributed by atoms with E-state index in [1.165, 1.54) is 28.8 Å².